The van der Waals surface area contributed by atoms with E-state index in [0.717, 1.165) is 0 Å². The molecule has 1 unspecified atom stereocenters. The van der Waals surface area contributed by atoms with Crippen LogP contribution in [0, 0.1) is 0 Å². The SMILES string of the molecule is CC(C)N1C(=O)CC(NCCN)C1=O. The molecule has 1 aliphatic rings. The molecule has 2 amide bonds. The van der Waals surface area contributed by atoms with E-state index in [4.69, 9.17) is 5.73 Å². The highest BCUT2D eigenvalue weighted by molar-refractivity contribution is 6.05. The van der Waals surface area contributed by atoms with Crippen LogP contribution in [0.25, 0.3) is 0 Å². The maximum absolute atomic E-state index is 11.7. The van der Waals surface area contributed by atoms with E-state index in [1.165, 1.54) is 4.90 Å². The van der Waals surface area contributed by atoms with Crippen molar-refractivity contribution in [3.63, 3.8) is 0 Å². The largest absolute Gasteiger partial charge is 0.329 e. The number of likely N-dealkylation sites (tertiary alicyclic amines) is 1. The van der Waals surface area contributed by atoms with E-state index in [1.807, 2.05) is 13.8 Å². The Morgan fingerprint density at radius 3 is 2.64 bits per heavy atom. The molecule has 14 heavy (non-hydrogen) atoms. The van der Waals surface area contributed by atoms with Gasteiger partial charge in [-0.25, -0.2) is 0 Å². The first-order chi connectivity index (χ1) is 6.57. The Balaban J connectivity index is 2.60. The molecule has 1 aliphatic heterocycles. The molecule has 0 aromatic rings. The number of nitrogens with two attached hydrogens (primary N) is 1. The van der Waals surface area contributed by atoms with Gasteiger partial charge in [0.1, 0.15) is 0 Å². The third-order valence-electron chi connectivity index (χ3n) is 2.23. The summed E-state index contributed by atoms with van der Waals surface area (Å²) in [5.41, 5.74) is 5.31. The van der Waals surface area contributed by atoms with Crippen molar-refractivity contribution in [3.05, 3.63) is 0 Å². The van der Waals surface area contributed by atoms with Gasteiger partial charge in [-0.3, -0.25) is 14.5 Å². The Kier molecular flexibility index (Phi) is 3.60. The lowest BCUT2D eigenvalue weighted by atomic mass is 10.2. The second kappa shape index (κ2) is 4.52. The van der Waals surface area contributed by atoms with E-state index in [2.05, 4.69) is 5.32 Å². The van der Waals surface area contributed by atoms with Crippen molar-refractivity contribution in [1.82, 2.24) is 10.2 Å². The smallest absolute Gasteiger partial charge is 0.247 e. The molecule has 5 nitrogen and oxygen atoms in total. The monoisotopic (exact) mass is 199 g/mol. The van der Waals surface area contributed by atoms with E-state index >= 15 is 0 Å². The summed E-state index contributed by atoms with van der Waals surface area (Å²) in [6.45, 7) is 4.71. The van der Waals surface area contributed by atoms with Crippen LogP contribution in [0.3, 0.4) is 0 Å². The summed E-state index contributed by atoms with van der Waals surface area (Å²) < 4.78 is 0. The molecule has 3 N–H and O–H groups in total. The lowest BCUT2D eigenvalue weighted by Gasteiger charge is -2.19. The molecule has 5 heteroatoms. The Morgan fingerprint density at radius 1 is 1.57 bits per heavy atom. The van der Waals surface area contributed by atoms with Gasteiger partial charge in [0.05, 0.1) is 12.5 Å². The maximum atomic E-state index is 11.7. The predicted octanol–water partition coefficient (Wildman–Crippen LogP) is -0.929. The molecular formula is C9H17N3O2. The third-order valence-corrected chi connectivity index (χ3v) is 2.23. The van der Waals surface area contributed by atoms with Gasteiger partial charge in [-0.05, 0) is 13.8 Å². The quantitative estimate of drug-likeness (QED) is 0.574. The van der Waals surface area contributed by atoms with Crippen molar-refractivity contribution >= 4 is 11.8 Å². The van der Waals surface area contributed by atoms with Gasteiger partial charge in [-0.15, -0.1) is 0 Å². The molecule has 0 bridgehead atoms. The minimum Gasteiger partial charge on any atom is -0.329 e. The number of hydrogen-bond acceptors (Lipinski definition) is 4. The highest BCUT2D eigenvalue weighted by atomic mass is 16.2. The van der Waals surface area contributed by atoms with Gasteiger partial charge >= 0.3 is 0 Å². The van der Waals surface area contributed by atoms with Crippen LogP contribution in [0.1, 0.15) is 20.3 Å². The molecule has 0 aliphatic carbocycles. The van der Waals surface area contributed by atoms with Crippen molar-refractivity contribution in [1.29, 1.82) is 0 Å². The van der Waals surface area contributed by atoms with Crippen LogP contribution in [0.5, 0.6) is 0 Å². The van der Waals surface area contributed by atoms with Crippen LogP contribution >= 0.6 is 0 Å². The number of rotatable bonds is 4. The van der Waals surface area contributed by atoms with E-state index in [1.54, 1.807) is 0 Å². The minimum atomic E-state index is -0.367. The Bertz CT molecular complexity index is 240. The molecule has 0 radical (unpaired) electrons. The molecule has 1 heterocycles. The molecule has 1 rings (SSSR count). The van der Waals surface area contributed by atoms with Crippen LogP contribution in [-0.4, -0.2) is 41.9 Å². The lowest BCUT2D eigenvalue weighted by molar-refractivity contribution is -0.140. The molecule has 1 fully saturated rings. The van der Waals surface area contributed by atoms with Crippen LogP contribution < -0.4 is 11.1 Å². The number of nitrogens with one attached hydrogen (secondary N) is 1. The summed E-state index contributed by atoms with van der Waals surface area (Å²) in [5.74, 6) is -0.224. The summed E-state index contributed by atoms with van der Waals surface area (Å²) in [6, 6.07) is -0.423. The molecular weight excluding hydrogens is 182 g/mol. The standard InChI is InChI=1S/C9H17N3O2/c1-6(2)12-8(13)5-7(9(12)14)11-4-3-10/h6-7,11H,3-5,10H2,1-2H3. The number of imide groups is 1. The molecule has 80 valence electrons. The zero-order chi connectivity index (χ0) is 10.7. The first-order valence-electron chi connectivity index (χ1n) is 4.87. The summed E-state index contributed by atoms with van der Waals surface area (Å²) >= 11 is 0. The van der Waals surface area contributed by atoms with E-state index in [9.17, 15) is 9.59 Å². The minimum absolute atomic E-state index is 0.0559. The van der Waals surface area contributed by atoms with Crippen molar-refractivity contribution in [2.45, 2.75) is 32.4 Å². The van der Waals surface area contributed by atoms with Crippen molar-refractivity contribution in [2.24, 2.45) is 5.73 Å². The third kappa shape index (κ3) is 2.10. The number of amides is 2. The van der Waals surface area contributed by atoms with Crippen LogP contribution in [0.2, 0.25) is 0 Å². The first kappa shape index (κ1) is 11.1. The van der Waals surface area contributed by atoms with Crippen molar-refractivity contribution < 1.29 is 9.59 Å². The maximum Gasteiger partial charge on any atom is 0.247 e. The van der Waals surface area contributed by atoms with Gasteiger partial charge in [0.2, 0.25) is 11.8 Å². The summed E-state index contributed by atoms with van der Waals surface area (Å²) in [6.07, 6.45) is 0.261. The lowest BCUT2D eigenvalue weighted by Crippen LogP contribution is -2.43. The number of nitrogens with zero attached hydrogens (tertiary/aromatic N) is 1. The van der Waals surface area contributed by atoms with E-state index < -0.39 is 0 Å². The second-order valence-electron chi connectivity index (χ2n) is 3.70. The molecule has 0 aromatic heterocycles. The normalized spacial score (nSPS) is 22.6. The van der Waals surface area contributed by atoms with Gasteiger partial charge in [0.15, 0.2) is 0 Å². The highest BCUT2D eigenvalue weighted by Gasteiger charge is 2.39. The summed E-state index contributed by atoms with van der Waals surface area (Å²) in [7, 11) is 0. The Labute approximate surface area is 83.6 Å². The van der Waals surface area contributed by atoms with Crippen molar-refractivity contribution in [2.75, 3.05) is 13.1 Å². The topological polar surface area (TPSA) is 75.4 Å². The molecule has 0 saturated carbocycles. The fourth-order valence-electron chi connectivity index (χ4n) is 1.61. The van der Waals surface area contributed by atoms with Gasteiger partial charge in [0.25, 0.3) is 0 Å². The highest BCUT2D eigenvalue weighted by Crippen LogP contribution is 2.15. The fraction of sp³-hybridized carbons (Fsp3) is 0.778. The Morgan fingerprint density at radius 2 is 2.21 bits per heavy atom. The van der Waals surface area contributed by atoms with Crippen LogP contribution in [0.4, 0.5) is 0 Å². The number of hydrogen-bond donors (Lipinski definition) is 2. The zero-order valence-corrected chi connectivity index (χ0v) is 8.62. The molecule has 1 atom stereocenters. The average molecular weight is 199 g/mol. The predicted molar refractivity (Wildman–Crippen MR) is 52.5 cm³/mol. The molecule has 0 spiro atoms. The van der Waals surface area contributed by atoms with Gasteiger partial charge in [-0.1, -0.05) is 0 Å². The first-order valence-corrected chi connectivity index (χ1v) is 4.87. The van der Waals surface area contributed by atoms with Crippen LogP contribution in [0.15, 0.2) is 0 Å². The van der Waals surface area contributed by atoms with Crippen molar-refractivity contribution in [3.8, 4) is 0 Å². The average Bonchev–Trinajstić information content (AvgIpc) is 2.38. The summed E-state index contributed by atoms with van der Waals surface area (Å²) in [4.78, 5) is 24.4. The zero-order valence-electron chi connectivity index (χ0n) is 8.62. The molecule has 0 aromatic carbocycles. The Hall–Kier alpha value is -0.940. The van der Waals surface area contributed by atoms with E-state index in [-0.39, 0.29) is 30.3 Å². The van der Waals surface area contributed by atoms with Crippen LogP contribution in [-0.2, 0) is 9.59 Å². The van der Waals surface area contributed by atoms with Gasteiger partial charge in [-0.2, -0.15) is 0 Å². The second-order valence-corrected chi connectivity index (χ2v) is 3.70. The fourth-order valence-corrected chi connectivity index (χ4v) is 1.61. The van der Waals surface area contributed by atoms with E-state index in [0.29, 0.717) is 13.1 Å². The number of carbonyl (C=O) groups is 2. The van der Waals surface area contributed by atoms with Gasteiger partial charge < -0.3 is 11.1 Å². The van der Waals surface area contributed by atoms with Gasteiger partial charge in [0, 0.05) is 19.1 Å². The molecule has 1 saturated heterocycles. The summed E-state index contributed by atoms with van der Waals surface area (Å²) in [5, 5.41) is 2.96. The number of carbonyl (C=O) groups excluding carboxylic acids is 2.